The minimum Gasteiger partial charge on any atom is -0.462 e. The standard InChI is InChI=1S/C17H11ClF3NO2/c18-12-7-6-10(8-11(12)17(19,20)21)13-14(23)15(24-16(13)22)9-4-2-1-3-5-9/h1-8,15H,22H2. The van der Waals surface area contributed by atoms with Gasteiger partial charge < -0.3 is 10.5 Å². The molecule has 7 heteroatoms. The SMILES string of the molecule is NC1=C(c2ccc(Cl)c(C(F)(F)F)c2)C(=O)C(c2ccccc2)O1. The van der Waals surface area contributed by atoms with Crippen LogP contribution in [0.25, 0.3) is 5.57 Å². The summed E-state index contributed by atoms with van der Waals surface area (Å²) in [5, 5.41) is -0.448. The lowest BCUT2D eigenvalue weighted by Crippen LogP contribution is -2.10. The summed E-state index contributed by atoms with van der Waals surface area (Å²) in [6.45, 7) is 0. The van der Waals surface area contributed by atoms with Gasteiger partial charge in [0.25, 0.3) is 0 Å². The Bertz CT molecular complexity index is 831. The molecular weight excluding hydrogens is 343 g/mol. The molecule has 0 saturated carbocycles. The van der Waals surface area contributed by atoms with Crippen LogP contribution in [0, 0.1) is 0 Å². The van der Waals surface area contributed by atoms with E-state index in [1.54, 1.807) is 30.3 Å². The molecule has 0 bridgehead atoms. The number of halogens is 4. The predicted molar refractivity (Wildman–Crippen MR) is 82.8 cm³/mol. The van der Waals surface area contributed by atoms with Crippen LogP contribution in [-0.4, -0.2) is 5.78 Å². The molecule has 0 amide bonds. The zero-order valence-corrected chi connectivity index (χ0v) is 12.9. The Morgan fingerprint density at radius 2 is 1.75 bits per heavy atom. The van der Waals surface area contributed by atoms with Crippen LogP contribution in [-0.2, 0) is 15.7 Å². The molecule has 24 heavy (non-hydrogen) atoms. The Labute approximate surface area is 140 Å². The van der Waals surface area contributed by atoms with Gasteiger partial charge >= 0.3 is 6.18 Å². The van der Waals surface area contributed by atoms with E-state index >= 15 is 0 Å². The summed E-state index contributed by atoms with van der Waals surface area (Å²) in [7, 11) is 0. The van der Waals surface area contributed by atoms with Crippen LogP contribution >= 0.6 is 11.6 Å². The highest BCUT2D eigenvalue weighted by Crippen LogP contribution is 2.40. The van der Waals surface area contributed by atoms with Crippen LogP contribution in [0.4, 0.5) is 13.2 Å². The Balaban J connectivity index is 2.01. The van der Waals surface area contributed by atoms with Gasteiger partial charge in [0.15, 0.2) is 12.0 Å². The monoisotopic (exact) mass is 353 g/mol. The van der Waals surface area contributed by atoms with Crippen LogP contribution in [0.1, 0.15) is 22.8 Å². The number of Topliss-reactive ketones (excluding diaryl/α,β-unsaturated/α-hetero) is 1. The Kier molecular flexibility index (Phi) is 4.01. The molecule has 1 heterocycles. The summed E-state index contributed by atoms with van der Waals surface area (Å²) in [6.07, 6.45) is -5.60. The molecule has 3 rings (SSSR count). The van der Waals surface area contributed by atoms with Gasteiger partial charge in [-0.2, -0.15) is 13.2 Å². The normalized spacial score (nSPS) is 18.0. The largest absolute Gasteiger partial charge is 0.462 e. The number of benzene rings is 2. The van der Waals surface area contributed by atoms with E-state index in [4.69, 9.17) is 22.1 Å². The number of carbonyl (C=O) groups excluding carboxylic acids is 1. The van der Waals surface area contributed by atoms with Gasteiger partial charge in [0.1, 0.15) is 0 Å². The van der Waals surface area contributed by atoms with E-state index in [1.165, 1.54) is 6.07 Å². The van der Waals surface area contributed by atoms with Gasteiger partial charge in [0, 0.05) is 5.56 Å². The van der Waals surface area contributed by atoms with Gasteiger partial charge in [-0.25, -0.2) is 0 Å². The maximum Gasteiger partial charge on any atom is 0.417 e. The number of alkyl halides is 3. The third-order valence-electron chi connectivity index (χ3n) is 3.64. The summed E-state index contributed by atoms with van der Waals surface area (Å²) in [5.74, 6) is -0.696. The second kappa shape index (κ2) is 5.87. The van der Waals surface area contributed by atoms with Crippen LogP contribution < -0.4 is 5.73 Å². The van der Waals surface area contributed by atoms with Crippen molar-refractivity contribution in [1.29, 1.82) is 0 Å². The topological polar surface area (TPSA) is 52.3 Å². The number of carbonyl (C=O) groups is 1. The summed E-state index contributed by atoms with van der Waals surface area (Å²) in [4.78, 5) is 12.6. The zero-order valence-electron chi connectivity index (χ0n) is 12.1. The van der Waals surface area contributed by atoms with Crippen molar-refractivity contribution in [2.24, 2.45) is 5.73 Å². The van der Waals surface area contributed by atoms with Crippen molar-refractivity contribution in [3.05, 3.63) is 76.1 Å². The average Bonchev–Trinajstić information content (AvgIpc) is 2.83. The van der Waals surface area contributed by atoms with Crippen molar-refractivity contribution in [2.75, 3.05) is 0 Å². The molecule has 0 aromatic heterocycles. The van der Waals surface area contributed by atoms with E-state index in [-0.39, 0.29) is 17.0 Å². The highest BCUT2D eigenvalue weighted by Gasteiger charge is 2.38. The fourth-order valence-corrected chi connectivity index (χ4v) is 2.75. The smallest absolute Gasteiger partial charge is 0.417 e. The van der Waals surface area contributed by atoms with Gasteiger partial charge in [0.2, 0.25) is 5.78 Å². The lowest BCUT2D eigenvalue weighted by Gasteiger charge is -2.11. The van der Waals surface area contributed by atoms with E-state index in [1.807, 2.05) is 0 Å². The molecular formula is C17H11ClF3NO2. The first kappa shape index (κ1) is 16.4. The van der Waals surface area contributed by atoms with E-state index in [9.17, 15) is 18.0 Å². The average molecular weight is 354 g/mol. The van der Waals surface area contributed by atoms with Crippen LogP contribution in [0.15, 0.2) is 54.4 Å². The second-order valence-electron chi connectivity index (χ2n) is 5.20. The molecule has 2 N–H and O–H groups in total. The van der Waals surface area contributed by atoms with E-state index < -0.39 is 28.6 Å². The van der Waals surface area contributed by atoms with E-state index in [0.717, 1.165) is 12.1 Å². The Morgan fingerprint density at radius 3 is 2.38 bits per heavy atom. The number of nitrogens with two attached hydrogens (primary N) is 1. The van der Waals surface area contributed by atoms with Gasteiger partial charge in [-0.3, -0.25) is 4.79 Å². The number of ether oxygens (including phenoxy) is 1. The van der Waals surface area contributed by atoms with Crippen molar-refractivity contribution in [2.45, 2.75) is 12.3 Å². The van der Waals surface area contributed by atoms with Crippen LogP contribution in [0.5, 0.6) is 0 Å². The van der Waals surface area contributed by atoms with E-state index in [0.29, 0.717) is 5.56 Å². The fraction of sp³-hybridized carbons (Fsp3) is 0.118. The highest BCUT2D eigenvalue weighted by atomic mass is 35.5. The summed E-state index contributed by atoms with van der Waals surface area (Å²) in [5.41, 5.74) is 5.24. The lowest BCUT2D eigenvalue weighted by atomic mass is 9.96. The minimum atomic E-state index is -4.64. The van der Waals surface area contributed by atoms with Crippen molar-refractivity contribution in [3.8, 4) is 0 Å². The molecule has 124 valence electrons. The highest BCUT2D eigenvalue weighted by molar-refractivity contribution is 6.31. The Morgan fingerprint density at radius 1 is 1.08 bits per heavy atom. The first-order valence-corrected chi connectivity index (χ1v) is 7.29. The van der Waals surface area contributed by atoms with Crippen LogP contribution in [0.3, 0.4) is 0 Å². The predicted octanol–water partition coefficient (Wildman–Crippen LogP) is 4.33. The molecule has 0 spiro atoms. The zero-order chi connectivity index (χ0) is 17.5. The van der Waals surface area contributed by atoms with Crippen molar-refractivity contribution < 1.29 is 22.7 Å². The third kappa shape index (κ3) is 2.85. The lowest BCUT2D eigenvalue weighted by molar-refractivity contribution is -0.137. The summed E-state index contributed by atoms with van der Waals surface area (Å²) in [6, 6.07) is 11.8. The molecule has 0 radical (unpaired) electrons. The molecule has 2 aromatic rings. The van der Waals surface area contributed by atoms with Gasteiger partial charge in [-0.1, -0.05) is 48.0 Å². The maximum absolute atomic E-state index is 13.0. The first-order chi connectivity index (χ1) is 11.3. The number of hydrogen-bond acceptors (Lipinski definition) is 3. The second-order valence-corrected chi connectivity index (χ2v) is 5.61. The number of rotatable bonds is 2. The van der Waals surface area contributed by atoms with Crippen molar-refractivity contribution in [3.63, 3.8) is 0 Å². The molecule has 0 aliphatic carbocycles. The third-order valence-corrected chi connectivity index (χ3v) is 3.97. The molecule has 0 saturated heterocycles. The summed E-state index contributed by atoms with van der Waals surface area (Å²) < 4.78 is 44.4. The Hall–Kier alpha value is -2.47. The van der Waals surface area contributed by atoms with Crippen LogP contribution in [0.2, 0.25) is 5.02 Å². The molecule has 1 atom stereocenters. The van der Waals surface area contributed by atoms with E-state index in [2.05, 4.69) is 0 Å². The molecule has 1 aliphatic heterocycles. The first-order valence-electron chi connectivity index (χ1n) is 6.91. The number of hydrogen-bond donors (Lipinski definition) is 1. The van der Waals surface area contributed by atoms with Crippen molar-refractivity contribution in [1.82, 2.24) is 0 Å². The molecule has 1 aliphatic rings. The molecule has 0 fully saturated rings. The maximum atomic E-state index is 13.0. The molecule has 1 unspecified atom stereocenters. The molecule has 2 aromatic carbocycles. The van der Waals surface area contributed by atoms with Crippen molar-refractivity contribution >= 4 is 23.0 Å². The van der Waals surface area contributed by atoms with Gasteiger partial charge in [0.05, 0.1) is 16.2 Å². The van der Waals surface area contributed by atoms with Gasteiger partial charge in [-0.15, -0.1) is 0 Å². The minimum absolute atomic E-state index is 0.0210. The summed E-state index contributed by atoms with van der Waals surface area (Å²) >= 11 is 5.60. The number of ketones is 1. The fourth-order valence-electron chi connectivity index (χ4n) is 2.52. The quantitative estimate of drug-likeness (QED) is 0.874. The molecule has 3 nitrogen and oxygen atoms in total. The van der Waals surface area contributed by atoms with Gasteiger partial charge in [-0.05, 0) is 17.7 Å².